The van der Waals surface area contributed by atoms with Gasteiger partial charge in [-0.15, -0.1) is 0 Å². The third-order valence-electron chi connectivity index (χ3n) is 6.99. The quantitative estimate of drug-likeness (QED) is 0.482. The summed E-state index contributed by atoms with van der Waals surface area (Å²) in [6, 6.07) is 7.83. The Morgan fingerprint density at radius 3 is 2.83 bits per heavy atom. The Morgan fingerprint density at radius 2 is 2.05 bits per heavy atom. The van der Waals surface area contributed by atoms with Crippen LogP contribution < -0.4 is 19.9 Å². The van der Waals surface area contributed by atoms with Crippen molar-refractivity contribution < 1.29 is 32.2 Å². The molecule has 3 aliphatic heterocycles. The van der Waals surface area contributed by atoms with Crippen molar-refractivity contribution in [2.45, 2.75) is 44.4 Å². The van der Waals surface area contributed by atoms with Crippen LogP contribution in [-0.2, 0) is 15.7 Å². The number of hydrogen-bond donors (Lipinski definition) is 1. The molecule has 0 saturated carbocycles. The molecule has 3 aliphatic rings. The van der Waals surface area contributed by atoms with E-state index in [9.17, 15) is 18.0 Å². The zero-order valence-electron chi connectivity index (χ0n) is 21.8. The molecule has 0 spiro atoms. The number of alkyl halides is 3. The molecule has 0 radical (unpaired) electrons. The van der Waals surface area contributed by atoms with E-state index in [-0.39, 0.29) is 30.5 Å². The standard InChI is InChI=1S/C27H27F3N6O4/c1-26(2)39-15-19(40-26)14-38-23-12-31-11-22(33-23)34-25(37)36-18-8-9-35(13-18)21-7-6-20(32-24(21)36)16-4-3-5-17(10-16)27(28,29)30/h3-7,10-12,18-19H,8-9,13-15H2,1-2H3,(H,33,34,37)/t18-,19-/m0/s1. The molecule has 6 rings (SSSR count). The highest BCUT2D eigenvalue weighted by Crippen LogP contribution is 2.41. The fourth-order valence-corrected chi connectivity index (χ4v) is 5.16. The fraction of sp³-hybridized carbons (Fsp3) is 0.407. The van der Waals surface area contributed by atoms with Crippen LogP contribution in [0.15, 0.2) is 48.8 Å². The number of nitrogens with one attached hydrogen (secondary N) is 1. The van der Waals surface area contributed by atoms with Gasteiger partial charge in [0.05, 0.1) is 42.0 Å². The van der Waals surface area contributed by atoms with E-state index in [0.717, 1.165) is 30.8 Å². The first kappa shape index (κ1) is 26.3. The number of anilines is 3. The average molecular weight is 557 g/mol. The van der Waals surface area contributed by atoms with E-state index in [1.54, 1.807) is 23.1 Å². The third kappa shape index (κ3) is 5.26. The number of hydrogen-bond acceptors (Lipinski definition) is 8. The minimum atomic E-state index is -4.48. The Labute approximate surface area is 228 Å². The van der Waals surface area contributed by atoms with Gasteiger partial charge in [0.1, 0.15) is 12.7 Å². The highest BCUT2D eigenvalue weighted by Gasteiger charge is 2.41. The van der Waals surface area contributed by atoms with Crippen LogP contribution in [0.25, 0.3) is 11.3 Å². The van der Waals surface area contributed by atoms with Crippen molar-refractivity contribution in [1.82, 2.24) is 15.0 Å². The van der Waals surface area contributed by atoms with E-state index < -0.39 is 23.6 Å². The summed E-state index contributed by atoms with van der Waals surface area (Å²) in [5, 5.41) is 2.78. The first-order valence-corrected chi connectivity index (χ1v) is 12.9. The zero-order valence-corrected chi connectivity index (χ0v) is 21.8. The van der Waals surface area contributed by atoms with Crippen molar-refractivity contribution in [3.8, 4) is 17.1 Å². The molecule has 1 aromatic carbocycles. The van der Waals surface area contributed by atoms with Gasteiger partial charge < -0.3 is 19.1 Å². The molecule has 0 unspecified atom stereocenters. The van der Waals surface area contributed by atoms with Gasteiger partial charge in [-0.2, -0.15) is 18.2 Å². The highest BCUT2D eigenvalue weighted by molar-refractivity contribution is 6.04. The number of fused-ring (bicyclic) bond motifs is 4. The van der Waals surface area contributed by atoms with Crippen molar-refractivity contribution in [3.63, 3.8) is 0 Å². The Bertz CT molecular complexity index is 1440. The molecule has 13 heteroatoms. The van der Waals surface area contributed by atoms with Crippen molar-refractivity contribution in [3.05, 3.63) is 54.4 Å². The van der Waals surface area contributed by atoms with Crippen molar-refractivity contribution in [2.75, 3.05) is 41.4 Å². The van der Waals surface area contributed by atoms with Crippen LogP contribution in [0.3, 0.4) is 0 Å². The fourth-order valence-electron chi connectivity index (χ4n) is 5.16. The topological polar surface area (TPSA) is 102 Å². The summed E-state index contributed by atoms with van der Waals surface area (Å²) >= 11 is 0. The minimum Gasteiger partial charge on any atom is -0.474 e. The molecule has 40 heavy (non-hydrogen) atoms. The average Bonchev–Trinajstić information content (AvgIpc) is 3.50. The van der Waals surface area contributed by atoms with Crippen LogP contribution in [-0.4, -0.2) is 65.2 Å². The molecule has 2 fully saturated rings. The molecule has 10 nitrogen and oxygen atoms in total. The van der Waals surface area contributed by atoms with Crippen LogP contribution in [0.2, 0.25) is 0 Å². The number of halogens is 3. The van der Waals surface area contributed by atoms with Gasteiger partial charge >= 0.3 is 12.2 Å². The van der Waals surface area contributed by atoms with Crippen molar-refractivity contribution in [1.29, 1.82) is 0 Å². The van der Waals surface area contributed by atoms with E-state index in [1.165, 1.54) is 18.5 Å². The van der Waals surface area contributed by atoms with Gasteiger partial charge in [0.25, 0.3) is 0 Å². The molecule has 2 amide bonds. The van der Waals surface area contributed by atoms with Crippen LogP contribution >= 0.6 is 0 Å². The number of benzene rings is 1. The predicted octanol–water partition coefficient (Wildman–Crippen LogP) is 4.72. The summed E-state index contributed by atoms with van der Waals surface area (Å²) in [7, 11) is 0. The Hall–Kier alpha value is -3.97. The van der Waals surface area contributed by atoms with Crippen LogP contribution in [0.1, 0.15) is 25.8 Å². The Morgan fingerprint density at radius 1 is 1.20 bits per heavy atom. The maximum Gasteiger partial charge on any atom is 0.416 e. The maximum absolute atomic E-state index is 13.6. The normalized spacial score (nSPS) is 21.3. The molecule has 1 N–H and O–H groups in total. The number of nitrogens with zero attached hydrogens (tertiary/aromatic N) is 5. The summed E-state index contributed by atoms with van der Waals surface area (Å²) in [6.07, 6.45) is -1.18. The SMILES string of the molecule is CC1(C)OC[C@H](COc2cncc(NC(=O)N3c4nc(-c5cccc(C(F)(F)F)c5)ccc4N4CC[C@H]3C4)n2)O1. The van der Waals surface area contributed by atoms with E-state index >= 15 is 0 Å². The number of rotatable bonds is 5. The van der Waals surface area contributed by atoms with E-state index in [2.05, 4.69) is 25.2 Å². The smallest absolute Gasteiger partial charge is 0.416 e. The lowest BCUT2D eigenvalue weighted by Crippen LogP contribution is -2.48. The van der Waals surface area contributed by atoms with Crippen LogP contribution in [0.4, 0.5) is 35.3 Å². The lowest BCUT2D eigenvalue weighted by Gasteiger charge is -2.35. The summed E-state index contributed by atoms with van der Waals surface area (Å²) in [6.45, 7) is 5.60. The number of ether oxygens (including phenoxy) is 3. The number of carbonyl (C=O) groups is 1. The first-order chi connectivity index (χ1) is 19.1. The molecule has 3 aromatic rings. The number of amides is 2. The molecule has 2 atom stereocenters. The van der Waals surface area contributed by atoms with Gasteiger partial charge in [-0.05, 0) is 44.5 Å². The van der Waals surface area contributed by atoms with E-state index in [1.807, 2.05) is 13.8 Å². The van der Waals surface area contributed by atoms with Crippen molar-refractivity contribution >= 4 is 23.4 Å². The first-order valence-electron chi connectivity index (χ1n) is 12.9. The van der Waals surface area contributed by atoms with Gasteiger partial charge in [0, 0.05) is 18.7 Å². The number of aromatic nitrogens is 3. The summed E-state index contributed by atoms with van der Waals surface area (Å²) in [5.74, 6) is 0.0950. The minimum absolute atomic E-state index is 0.160. The highest BCUT2D eigenvalue weighted by atomic mass is 19.4. The van der Waals surface area contributed by atoms with Crippen LogP contribution in [0, 0.1) is 0 Å². The van der Waals surface area contributed by atoms with Gasteiger partial charge in [-0.3, -0.25) is 15.2 Å². The van der Waals surface area contributed by atoms with Gasteiger partial charge in [0.2, 0.25) is 5.88 Å². The monoisotopic (exact) mass is 556 g/mol. The lowest BCUT2D eigenvalue weighted by molar-refractivity contribution is -0.141. The zero-order chi connectivity index (χ0) is 28.1. The Balaban J connectivity index is 1.22. The lowest BCUT2D eigenvalue weighted by atomic mass is 10.1. The number of carbonyl (C=O) groups excluding carboxylic acids is 1. The summed E-state index contributed by atoms with van der Waals surface area (Å²) in [4.78, 5) is 30.4. The molecule has 0 aliphatic carbocycles. The summed E-state index contributed by atoms with van der Waals surface area (Å²) in [5.41, 5.74) is 0.618. The summed E-state index contributed by atoms with van der Waals surface area (Å²) < 4.78 is 56.9. The second kappa shape index (κ2) is 9.89. The largest absolute Gasteiger partial charge is 0.474 e. The third-order valence-corrected chi connectivity index (χ3v) is 6.99. The second-order valence-corrected chi connectivity index (χ2v) is 10.3. The maximum atomic E-state index is 13.6. The van der Waals surface area contributed by atoms with E-state index in [0.29, 0.717) is 30.2 Å². The van der Waals surface area contributed by atoms with E-state index in [4.69, 9.17) is 14.2 Å². The molecule has 2 bridgehead atoms. The van der Waals surface area contributed by atoms with Crippen molar-refractivity contribution in [2.24, 2.45) is 0 Å². The van der Waals surface area contributed by atoms with Gasteiger partial charge in [-0.25, -0.2) is 9.78 Å². The number of urea groups is 1. The molecule has 5 heterocycles. The van der Waals surface area contributed by atoms with Gasteiger partial charge in [0.15, 0.2) is 17.4 Å². The molecule has 210 valence electrons. The van der Waals surface area contributed by atoms with Gasteiger partial charge in [-0.1, -0.05) is 12.1 Å². The molecular weight excluding hydrogens is 529 g/mol. The molecular formula is C27H27F3N6O4. The molecule has 2 aromatic heterocycles. The molecule has 2 saturated heterocycles. The number of pyridine rings is 1. The predicted molar refractivity (Wildman–Crippen MR) is 139 cm³/mol. The van der Waals surface area contributed by atoms with Crippen LogP contribution in [0.5, 0.6) is 5.88 Å². The Kier molecular flexibility index (Phi) is 6.50. The second-order valence-electron chi connectivity index (χ2n) is 10.3.